The topological polar surface area (TPSA) is 15.3 Å². The first kappa shape index (κ1) is 15.8. The zero-order chi connectivity index (χ0) is 14.8. The predicted octanol–water partition coefficient (Wildman–Crippen LogP) is 4.60. The molecule has 0 saturated carbocycles. The van der Waals surface area contributed by atoms with Gasteiger partial charge in [-0.2, -0.15) is 0 Å². The van der Waals surface area contributed by atoms with Crippen LogP contribution in [-0.2, 0) is 6.54 Å². The van der Waals surface area contributed by atoms with Gasteiger partial charge in [-0.25, -0.2) is 0 Å². The molecule has 2 aliphatic heterocycles. The molecule has 2 bridgehead atoms. The van der Waals surface area contributed by atoms with Crippen LogP contribution in [0.2, 0.25) is 5.02 Å². The second-order valence-electron chi connectivity index (χ2n) is 6.47. The fraction of sp³-hybridized carbons (Fsp3) is 0.647. The van der Waals surface area contributed by atoms with Gasteiger partial charge in [0.2, 0.25) is 0 Å². The Labute approximate surface area is 141 Å². The second-order valence-corrected chi connectivity index (χ2v) is 7.76. The SMILES string of the molecule is CCCN(Cc1cc(Cl)ccc1Br)C1CC2CCC(C1)N2. The van der Waals surface area contributed by atoms with Gasteiger partial charge in [0.25, 0.3) is 0 Å². The van der Waals surface area contributed by atoms with E-state index in [9.17, 15) is 0 Å². The molecular weight excluding hydrogens is 348 g/mol. The van der Waals surface area contributed by atoms with E-state index in [4.69, 9.17) is 11.6 Å². The molecule has 4 heteroatoms. The van der Waals surface area contributed by atoms with Crippen molar-refractivity contribution in [1.82, 2.24) is 10.2 Å². The van der Waals surface area contributed by atoms with Crippen LogP contribution in [-0.4, -0.2) is 29.6 Å². The molecule has 1 N–H and O–H groups in total. The Morgan fingerprint density at radius 2 is 2.00 bits per heavy atom. The van der Waals surface area contributed by atoms with Crippen molar-refractivity contribution in [2.45, 2.75) is 63.7 Å². The van der Waals surface area contributed by atoms with Crippen molar-refractivity contribution in [3.63, 3.8) is 0 Å². The van der Waals surface area contributed by atoms with Gasteiger partial charge >= 0.3 is 0 Å². The summed E-state index contributed by atoms with van der Waals surface area (Å²) in [4.78, 5) is 2.67. The fourth-order valence-electron chi connectivity index (χ4n) is 3.89. The van der Waals surface area contributed by atoms with E-state index < -0.39 is 0 Å². The molecular formula is C17H24BrClN2. The zero-order valence-corrected chi connectivity index (χ0v) is 15.0. The van der Waals surface area contributed by atoms with Gasteiger partial charge in [-0.05, 0) is 62.4 Å². The van der Waals surface area contributed by atoms with Crippen LogP contribution in [0.15, 0.2) is 22.7 Å². The molecule has 2 atom stereocenters. The summed E-state index contributed by atoms with van der Waals surface area (Å²) in [6.45, 7) is 4.44. The van der Waals surface area contributed by atoms with Crippen molar-refractivity contribution in [3.8, 4) is 0 Å². The average Bonchev–Trinajstić information content (AvgIpc) is 2.81. The molecule has 1 aromatic carbocycles. The van der Waals surface area contributed by atoms with Gasteiger partial charge in [0.1, 0.15) is 0 Å². The van der Waals surface area contributed by atoms with E-state index in [0.717, 1.165) is 29.7 Å². The van der Waals surface area contributed by atoms with Crippen molar-refractivity contribution in [1.29, 1.82) is 0 Å². The van der Waals surface area contributed by atoms with Gasteiger partial charge in [-0.15, -0.1) is 0 Å². The fourth-order valence-corrected chi connectivity index (χ4v) is 4.45. The summed E-state index contributed by atoms with van der Waals surface area (Å²) >= 11 is 9.84. The van der Waals surface area contributed by atoms with Gasteiger partial charge in [-0.1, -0.05) is 34.5 Å². The molecule has 2 fully saturated rings. The summed E-state index contributed by atoms with van der Waals surface area (Å²) in [5, 5.41) is 4.57. The van der Waals surface area contributed by atoms with Gasteiger partial charge in [0.15, 0.2) is 0 Å². The van der Waals surface area contributed by atoms with Crippen LogP contribution in [0.3, 0.4) is 0 Å². The smallest absolute Gasteiger partial charge is 0.0410 e. The molecule has 116 valence electrons. The maximum atomic E-state index is 6.17. The molecule has 2 heterocycles. The van der Waals surface area contributed by atoms with Crippen molar-refractivity contribution in [2.75, 3.05) is 6.54 Å². The number of rotatable bonds is 5. The molecule has 0 spiro atoms. The van der Waals surface area contributed by atoms with E-state index in [1.54, 1.807) is 0 Å². The predicted molar refractivity (Wildman–Crippen MR) is 92.8 cm³/mol. The molecule has 2 unspecified atom stereocenters. The normalized spacial score (nSPS) is 28.3. The van der Waals surface area contributed by atoms with Crippen LogP contribution < -0.4 is 5.32 Å². The van der Waals surface area contributed by atoms with Crippen molar-refractivity contribution >= 4 is 27.5 Å². The standard InChI is InChI=1S/C17H24BrClN2/c1-2-7-21(11-12-8-13(19)3-6-17(12)18)16-9-14-4-5-15(10-16)20-14/h3,6,8,14-16,20H,2,4-5,7,9-11H2,1H3. The molecule has 2 aliphatic rings. The third-order valence-corrected chi connectivity index (χ3v) is 5.87. The summed E-state index contributed by atoms with van der Waals surface area (Å²) in [5.74, 6) is 0. The van der Waals surface area contributed by atoms with Crippen LogP contribution in [0, 0.1) is 0 Å². The van der Waals surface area contributed by atoms with E-state index >= 15 is 0 Å². The number of nitrogens with one attached hydrogen (secondary N) is 1. The second kappa shape index (κ2) is 6.99. The highest BCUT2D eigenvalue weighted by Gasteiger charge is 2.35. The molecule has 2 nitrogen and oxygen atoms in total. The highest BCUT2D eigenvalue weighted by molar-refractivity contribution is 9.10. The molecule has 0 aliphatic carbocycles. The average molecular weight is 372 g/mol. The van der Waals surface area contributed by atoms with E-state index in [0.29, 0.717) is 0 Å². The Kier molecular flexibility index (Phi) is 5.26. The van der Waals surface area contributed by atoms with Crippen molar-refractivity contribution < 1.29 is 0 Å². The monoisotopic (exact) mass is 370 g/mol. The molecule has 0 amide bonds. The lowest BCUT2D eigenvalue weighted by atomic mass is 9.97. The quantitative estimate of drug-likeness (QED) is 0.814. The summed E-state index contributed by atoms with van der Waals surface area (Å²) in [6, 6.07) is 8.32. The highest BCUT2D eigenvalue weighted by Crippen LogP contribution is 2.31. The maximum Gasteiger partial charge on any atom is 0.0410 e. The summed E-state index contributed by atoms with van der Waals surface area (Å²) in [7, 11) is 0. The third kappa shape index (κ3) is 3.82. The van der Waals surface area contributed by atoms with Crippen LogP contribution in [0.25, 0.3) is 0 Å². The lowest BCUT2D eigenvalue weighted by Gasteiger charge is -2.38. The first-order valence-corrected chi connectivity index (χ1v) is 9.27. The number of benzene rings is 1. The number of halogens is 2. The van der Waals surface area contributed by atoms with Crippen LogP contribution >= 0.6 is 27.5 Å². The van der Waals surface area contributed by atoms with Crippen LogP contribution in [0.1, 0.15) is 44.6 Å². The number of nitrogens with zero attached hydrogens (tertiary/aromatic N) is 1. The van der Waals surface area contributed by atoms with Crippen molar-refractivity contribution in [2.24, 2.45) is 0 Å². The molecule has 2 saturated heterocycles. The minimum atomic E-state index is 0.717. The first-order chi connectivity index (χ1) is 10.2. The first-order valence-electron chi connectivity index (χ1n) is 8.09. The van der Waals surface area contributed by atoms with E-state index in [1.807, 2.05) is 6.07 Å². The van der Waals surface area contributed by atoms with E-state index in [2.05, 4.69) is 45.2 Å². The van der Waals surface area contributed by atoms with E-state index in [1.165, 1.54) is 48.7 Å². The van der Waals surface area contributed by atoms with Gasteiger partial charge in [0.05, 0.1) is 0 Å². The molecule has 0 aromatic heterocycles. The Bertz CT molecular complexity index is 482. The highest BCUT2D eigenvalue weighted by atomic mass is 79.9. The minimum absolute atomic E-state index is 0.717. The number of hydrogen-bond donors (Lipinski definition) is 1. The lowest BCUT2D eigenvalue weighted by molar-refractivity contribution is 0.133. The van der Waals surface area contributed by atoms with Gasteiger partial charge in [-0.3, -0.25) is 4.90 Å². The Morgan fingerprint density at radius 1 is 1.29 bits per heavy atom. The van der Waals surface area contributed by atoms with Crippen LogP contribution in [0.5, 0.6) is 0 Å². The Balaban J connectivity index is 1.73. The van der Waals surface area contributed by atoms with Gasteiger partial charge < -0.3 is 5.32 Å². The van der Waals surface area contributed by atoms with Crippen molar-refractivity contribution in [3.05, 3.63) is 33.3 Å². The Hall–Kier alpha value is -0.0900. The minimum Gasteiger partial charge on any atom is -0.311 e. The molecule has 3 rings (SSSR count). The largest absolute Gasteiger partial charge is 0.311 e. The molecule has 1 aromatic rings. The summed E-state index contributed by atoms with van der Waals surface area (Å²) in [6.07, 6.45) is 6.53. The lowest BCUT2D eigenvalue weighted by Crippen LogP contribution is -2.48. The Morgan fingerprint density at radius 3 is 2.67 bits per heavy atom. The maximum absolute atomic E-state index is 6.17. The number of hydrogen-bond acceptors (Lipinski definition) is 2. The zero-order valence-electron chi connectivity index (χ0n) is 12.6. The van der Waals surface area contributed by atoms with E-state index in [-0.39, 0.29) is 0 Å². The summed E-state index contributed by atoms with van der Waals surface area (Å²) in [5.41, 5.74) is 1.31. The number of fused-ring (bicyclic) bond motifs is 2. The summed E-state index contributed by atoms with van der Waals surface area (Å²) < 4.78 is 1.17. The molecule has 0 radical (unpaired) electrons. The number of piperidine rings is 1. The molecule has 21 heavy (non-hydrogen) atoms. The van der Waals surface area contributed by atoms with Gasteiger partial charge in [0, 0.05) is 34.2 Å². The van der Waals surface area contributed by atoms with Crippen LogP contribution in [0.4, 0.5) is 0 Å². The third-order valence-electron chi connectivity index (χ3n) is 4.86.